The number of nitrogens with two attached hydrogens (primary N) is 1. The second-order valence-corrected chi connectivity index (χ2v) is 8.75. The summed E-state index contributed by atoms with van der Waals surface area (Å²) in [5.41, 5.74) is 9.72. The molecule has 0 spiro atoms. The molecule has 8 nitrogen and oxygen atoms in total. The van der Waals surface area contributed by atoms with Crippen molar-refractivity contribution in [3.8, 4) is 5.75 Å². The molecule has 2 aliphatic rings. The highest BCUT2D eigenvalue weighted by atomic mass is 16.3. The third kappa shape index (κ3) is 2.86. The highest BCUT2D eigenvalue weighted by molar-refractivity contribution is 6.20. The average Bonchev–Trinajstić information content (AvgIpc) is 3.28. The normalized spacial score (nSPS) is 22.6. The van der Waals surface area contributed by atoms with Crippen molar-refractivity contribution < 1.29 is 5.11 Å². The van der Waals surface area contributed by atoms with E-state index in [0.29, 0.717) is 22.5 Å². The lowest BCUT2D eigenvalue weighted by Crippen LogP contribution is -2.54. The number of nitrogen functional groups attached to an aromatic ring is 1. The molecule has 4 heterocycles. The van der Waals surface area contributed by atoms with Gasteiger partial charge in [0, 0.05) is 42.9 Å². The van der Waals surface area contributed by atoms with Crippen LogP contribution in [0.2, 0.25) is 0 Å². The van der Waals surface area contributed by atoms with Gasteiger partial charge < -0.3 is 20.7 Å². The lowest BCUT2D eigenvalue weighted by atomic mass is 10.0. The zero-order valence-electron chi connectivity index (χ0n) is 17.6. The summed E-state index contributed by atoms with van der Waals surface area (Å²) in [5.74, 6) is 1.55. The van der Waals surface area contributed by atoms with E-state index in [9.17, 15) is 5.11 Å². The van der Waals surface area contributed by atoms with Gasteiger partial charge >= 0.3 is 0 Å². The summed E-state index contributed by atoms with van der Waals surface area (Å²) >= 11 is 0. The molecular weight excluding hydrogens is 378 g/mol. The van der Waals surface area contributed by atoms with Gasteiger partial charge in [-0.05, 0) is 38.1 Å². The lowest BCUT2D eigenvalue weighted by Gasteiger charge is -2.39. The maximum Gasteiger partial charge on any atom is 0.269 e. The molecule has 2 aromatic heterocycles. The first-order valence-electron chi connectivity index (χ1n) is 10.5. The third-order valence-corrected chi connectivity index (χ3v) is 6.63. The maximum atomic E-state index is 9.83. The molecule has 1 fully saturated rings. The van der Waals surface area contributed by atoms with E-state index in [1.807, 2.05) is 12.1 Å². The summed E-state index contributed by atoms with van der Waals surface area (Å²) in [6, 6.07) is 8.17. The van der Waals surface area contributed by atoms with E-state index in [-0.39, 0.29) is 5.75 Å². The van der Waals surface area contributed by atoms with Crippen LogP contribution in [0.15, 0.2) is 35.7 Å². The second-order valence-electron chi connectivity index (χ2n) is 8.75. The van der Waals surface area contributed by atoms with E-state index in [1.54, 1.807) is 12.1 Å². The number of rotatable bonds is 3. The smallest absolute Gasteiger partial charge is 0.269 e. The number of phenolic OH excluding ortho intramolecular Hbond substituents is 1. The number of hydrogen-bond acceptors (Lipinski definition) is 6. The molecular formula is C22H28N7O+. The van der Waals surface area contributed by atoms with Crippen LogP contribution < -0.4 is 10.3 Å². The number of phenols is 1. The number of likely N-dealkylation sites (tertiary alicyclic amines) is 1. The predicted molar refractivity (Wildman–Crippen MR) is 119 cm³/mol. The van der Waals surface area contributed by atoms with Crippen molar-refractivity contribution in [1.82, 2.24) is 24.4 Å². The minimum atomic E-state index is 0.238. The first-order valence-corrected chi connectivity index (χ1v) is 10.5. The van der Waals surface area contributed by atoms with Gasteiger partial charge in [0.2, 0.25) is 0 Å². The number of aromatic amines is 1. The summed E-state index contributed by atoms with van der Waals surface area (Å²) in [6.07, 6.45) is 3.64. The van der Waals surface area contributed by atoms with Crippen LogP contribution in [-0.2, 0) is 0 Å². The molecule has 156 valence electrons. The number of nitrogens with zero attached hydrogens (tertiary/aromatic N) is 5. The quantitative estimate of drug-likeness (QED) is 0.581. The SMILES string of the molecule is CC(C)N1CCC([N+]2(C)N=C(c3cc4cc(O)ccc4[nH]3)c3c(N)ncnc32)CC1. The van der Waals surface area contributed by atoms with Crippen LogP contribution in [0.25, 0.3) is 10.9 Å². The van der Waals surface area contributed by atoms with Gasteiger partial charge in [-0.3, -0.25) is 0 Å². The molecule has 0 bridgehead atoms. The van der Waals surface area contributed by atoms with Crippen LogP contribution in [0.5, 0.6) is 5.75 Å². The minimum absolute atomic E-state index is 0.238. The molecule has 8 heteroatoms. The molecule has 0 radical (unpaired) electrons. The van der Waals surface area contributed by atoms with Crippen LogP contribution in [0.3, 0.4) is 0 Å². The van der Waals surface area contributed by atoms with Gasteiger partial charge in [0.05, 0.1) is 12.7 Å². The van der Waals surface area contributed by atoms with Gasteiger partial charge in [0.25, 0.3) is 5.82 Å². The van der Waals surface area contributed by atoms with Gasteiger partial charge in [0.15, 0.2) is 5.71 Å². The summed E-state index contributed by atoms with van der Waals surface area (Å²) in [6.45, 7) is 6.62. The van der Waals surface area contributed by atoms with Crippen molar-refractivity contribution >= 4 is 28.3 Å². The fraction of sp³-hybridized carbons (Fsp3) is 0.409. The van der Waals surface area contributed by atoms with Crippen molar-refractivity contribution in [2.45, 2.75) is 38.8 Å². The monoisotopic (exact) mass is 406 g/mol. The Hall–Kier alpha value is -2.97. The molecule has 0 saturated carbocycles. The van der Waals surface area contributed by atoms with E-state index in [0.717, 1.165) is 59.6 Å². The van der Waals surface area contributed by atoms with Gasteiger partial charge in [-0.25, -0.2) is 4.98 Å². The van der Waals surface area contributed by atoms with Gasteiger partial charge in [-0.1, -0.05) is 5.10 Å². The Kier molecular flexibility index (Phi) is 4.30. The summed E-state index contributed by atoms with van der Waals surface area (Å²) in [7, 11) is 2.13. The fourth-order valence-corrected chi connectivity index (χ4v) is 4.86. The number of hydrogen-bond donors (Lipinski definition) is 3. The molecule has 5 rings (SSSR count). The Bertz CT molecular complexity index is 1140. The molecule has 3 aromatic rings. The van der Waals surface area contributed by atoms with Gasteiger partial charge in [-0.2, -0.15) is 4.98 Å². The Morgan fingerprint density at radius 1 is 1.20 bits per heavy atom. The molecule has 0 aliphatic carbocycles. The largest absolute Gasteiger partial charge is 0.508 e. The van der Waals surface area contributed by atoms with Crippen LogP contribution in [0.1, 0.15) is 37.9 Å². The number of fused-ring (bicyclic) bond motifs is 2. The van der Waals surface area contributed by atoms with E-state index in [1.165, 1.54) is 6.33 Å². The Balaban J connectivity index is 1.59. The number of aromatic hydroxyl groups is 1. The third-order valence-electron chi connectivity index (χ3n) is 6.63. The fourth-order valence-electron chi connectivity index (χ4n) is 4.86. The summed E-state index contributed by atoms with van der Waals surface area (Å²) in [5, 5.41) is 15.9. The first-order chi connectivity index (χ1) is 14.4. The Morgan fingerprint density at radius 2 is 1.97 bits per heavy atom. The average molecular weight is 407 g/mol. The first kappa shape index (κ1) is 19.0. The minimum Gasteiger partial charge on any atom is -0.508 e. The van der Waals surface area contributed by atoms with E-state index < -0.39 is 0 Å². The van der Waals surface area contributed by atoms with Crippen LogP contribution >= 0.6 is 0 Å². The zero-order chi connectivity index (χ0) is 21.0. The predicted octanol–water partition coefficient (Wildman–Crippen LogP) is 2.82. The van der Waals surface area contributed by atoms with Crippen LogP contribution in [0.4, 0.5) is 11.6 Å². The Labute approximate surface area is 175 Å². The van der Waals surface area contributed by atoms with E-state index >= 15 is 0 Å². The highest BCUT2D eigenvalue weighted by Crippen LogP contribution is 2.40. The molecule has 0 amide bonds. The van der Waals surface area contributed by atoms with Gasteiger partial charge in [-0.15, -0.1) is 4.59 Å². The number of piperidine rings is 1. The number of anilines is 1. The van der Waals surface area contributed by atoms with Crippen LogP contribution in [-0.4, -0.2) is 62.9 Å². The van der Waals surface area contributed by atoms with Crippen molar-refractivity contribution in [2.75, 3.05) is 25.9 Å². The van der Waals surface area contributed by atoms with Crippen molar-refractivity contribution in [2.24, 2.45) is 5.10 Å². The maximum absolute atomic E-state index is 9.83. The lowest BCUT2D eigenvalue weighted by molar-refractivity contribution is 0.112. The molecule has 1 unspecified atom stereocenters. The Morgan fingerprint density at radius 3 is 2.70 bits per heavy atom. The molecule has 1 aromatic carbocycles. The second kappa shape index (κ2) is 6.78. The molecule has 30 heavy (non-hydrogen) atoms. The van der Waals surface area contributed by atoms with Crippen molar-refractivity contribution in [3.05, 3.63) is 41.9 Å². The number of quaternary nitrogens is 1. The number of H-pyrrole nitrogens is 1. The van der Waals surface area contributed by atoms with E-state index in [4.69, 9.17) is 10.8 Å². The molecule has 2 aliphatic heterocycles. The molecule has 4 N–H and O–H groups in total. The highest BCUT2D eigenvalue weighted by Gasteiger charge is 2.48. The number of aromatic nitrogens is 3. The van der Waals surface area contributed by atoms with Crippen molar-refractivity contribution in [3.63, 3.8) is 0 Å². The van der Waals surface area contributed by atoms with E-state index in [2.05, 4.69) is 40.7 Å². The number of nitrogens with one attached hydrogen (secondary N) is 1. The van der Waals surface area contributed by atoms with Gasteiger partial charge in [0.1, 0.15) is 29.5 Å². The summed E-state index contributed by atoms with van der Waals surface area (Å²) < 4.78 is 0.393. The molecule has 1 atom stereocenters. The topological polar surface area (TPSA) is 103 Å². The standard InChI is InChI=1S/C22H27N7O/c1-13(2)28-8-6-15(7-9-28)29(3)22-19(21(23)24-12-25-22)20(27-29)18-11-14-10-16(30)4-5-17(14)26-18/h4-5,10-13,15H,6-9H2,1-3H3,(H3-,23,24,25,26,27,30)/p+1. The van der Waals surface area contributed by atoms with Crippen molar-refractivity contribution in [1.29, 1.82) is 0 Å². The molecule has 1 saturated heterocycles. The number of benzene rings is 1. The summed E-state index contributed by atoms with van der Waals surface area (Å²) in [4.78, 5) is 14.8. The van der Waals surface area contributed by atoms with Crippen LogP contribution in [0, 0.1) is 0 Å². The zero-order valence-corrected chi connectivity index (χ0v) is 17.6.